The van der Waals surface area contributed by atoms with Gasteiger partial charge >= 0.3 is 11.9 Å². The average Bonchev–Trinajstić information content (AvgIpc) is 3.55. The monoisotopic (exact) mass is 756 g/mol. The van der Waals surface area contributed by atoms with Crippen LogP contribution in [0.5, 0.6) is 0 Å². The summed E-state index contributed by atoms with van der Waals surface area (Å²) in [6, 6.07) is 0. The van der Waals surface area contributed by atoms with E-state index in [9.17, 15) is 39.6 Å². The van der Waals surface area contributed by atoms with Crippen LogP contribution in [-0.4, -0.2) is 81.6 Å². The molecule has 4 N–H and O–H groups in total. The molecule has 0 aliphatic heterocycles. The first-order valence-electron chi connectivity index (χ1n) is 19.6. The van der Waals surface area contributed by atoms with Gasteiger partial charge in [0, 0.05) is 36.5 Å². The molecule has 2 aliphatic carbocycles. The molecular formula is C44H68O10. The lowest BCUT2D eigenvalue weighted by Crippen LogP contribution is -2.23. The number of rotatable bonds is 22. The summed E-state index contributed by atoms with van der Waals surface area (Å²) in [6.45, 7) is 7.83. The van der Waals surface area contributed by atoms with E-state index in [0.29, 0.717) is 25.7 Å². The highest BCUT2D eigenvalue weighted by molar-refractivity contribution is 5.85. The number of aliphatic hydroxyl groups excluding tert-OH is 2. The predicted octanol–water partition coefficient (Wildman–Crippen LogP) is 7.01. The second-order valence-corrected chi connectivity index (χ2v) is 15.1. The summed E-state index contributed by atoms with van der Waals surface area (Å²) in [5.74, 6) is -1.39. The fraction of sp³-hybridized carbons (Fsp3) is 0.636. The molecule has 2 aliphatic rings. The van der Waals surface area contributed by atoms with Crippen LogP contribution >= 0.6 is 0 Å². The molecule has 2 fully saturated rings. The first-order valence-corrected chi connectivity index (χ1v) is 19.6. The van der Waals surface area contributed by atoms with Gasteiger partial charge in [-0.05, 0) is 52.4 Å². The van der Waals surface area contributed by atoms with E-state index in [1.807, 2.05) is 50.3 Å². The maximum absolute atomic E-state index is 12.2. The molecule has 2 rings (SSSR count). The minimum atomic E-state index is -0.750. The number of carbonyl (C=O) groups excluding carboxylic acids is 4. The van der Waals surface area contributed by atoms with Crippen LogP contribution in [0.3, 0.4) is 0 Å². The zero-order chi connectivity index (χ0) is 40.6. The van der Waals surface area contributed by atoms with E-state index in [1.165, 1.54) is 14.2 Å². The summed E-state index contributed by atoms with van der Waals surface area (Å²) in [5, 5.41) is 41.1. The number of ether oxygens (including phenoxy) is 2. The average molecular weight is 757 g/mol. The Hall–Kier alpha value is -3.44. The Morgan fingerprint density at radius 2 is 1.00 bits per heavy atom. The fourth-order valence-electron chi connectivity index (χ4n) is 6.59. The third-order valence-electron chi connectivity index (χ3n) is 10.0. The molecule has 54 heavy (non-hydrogen) atoms. The number of unbranched alkanes of at least 4 members (excludes halogenated alkanes) is 2. The van der Waals surface area contributed by atoms with E-state index < -0.39 is 23.4 Å². The highest BCUT2D eigenvalue weighted by Gasteiger charge is 2.40. The van der Waals surface area contributed by atoms with Crippen LogP contribution in [0.25, 0.3) is 0 Å². The fourth-order valence-corrected chi connectivity index (χ4v) is 6.59. The van der Waals surface area contributed by atoms with Crippen molar-refractivity contribution in [3.05, 3.63) is 72.9 Å². The summed E-state index contributed by atoms with van der Waals surface area (Å²) in [7, 11) is 2.69. The third kappa shape index (κ3) is 19.8. The Bertz CT molecular complexity index is 1220. The molecular weight excluding hydrogens is 688 g/mol. The minimum absolute atomic E-state index is 0.0677. The molecule has 10 nitrogen and oxygen atoms in total. The second kappa shape index (κ2) is 26.4. The molecule has 2 saturated carbocycles. The van der Waals surface area contributed by atoms with Gasteiger partial charge in [0.15, 0.2) is 0 Å². The molecule has 0 spiro atoms. The number of methoxy groups -OCH3 is 2. The molecule has 10 heteroatoms. The Kier molecular flexibility index (Phi) is 23.7. The van der Waals surface area contributed by atoms with Gasteiger partial charge in [-0.15, -0.1) is 0 Å². The zero-order valence-corrected chi connectivity index (χ0v) is 33.5. The van der Waals surface area contributed by atoms with Gasteiger partial charge in [0.2, 0.25) is 0 Å². The van der Waals surface area contributed by atoms with Crippen LogP contribution in [0.2, 0.25) is 0 Å². The van der Waals surface area contributed by atoms with Crippen molar-refractivity contribution in [3.63, 3.8) is 0 Å². The van der Waals surface area contributed by atoms with E-state index in [1.54, 1.807) is 36.5 Å². The smallest absolute Gasteiger partial charge is 0.309 e. The van der Waals surface area contributed by atoms with Crippen LogP contribution in [0.4, 0.5) is 0 Å². The number of allylic oxidation sites excluding steroid dienone is 6. The number of Topliss-reactive ketones (excluding diaryl/α,β-unsaturated/α-hetero) is 2. The summed E-state index contributed by atoms with van der Waals surface area (Å²) in [5.41, 5.74) is -1.50. The van der Waals surface area contributed by atoms with Crippen molar-refractivity contribution < 1.29 is 49.1 Å². The first-order chi connectivity index (χ1) is 25.6. The van der Waals surface area contributed by atoms with E-state index in [2.05, 4.69) is 23.3 Å². The molecule has 0 radical (unpaired) electrons. The Morgan fingerprint density at radius 3 is 1.33 bits per heavy atom. The number of ketones is 2. The van der Waals surface area contributed by atoms with Crippen LogP contribution in [0.15, 0.2) is 72.9 Å². The molecule has 0 amide bonds. The molecule has 8 atom stereocenters. The molecule has 0 aromatic carbocycles. The van der Waals surface area contributed by atoms with E-state index in [0.717, 1.165) is 38.5 Å². The SMILES string of the molecule is CCCCC(C)(O)C/C=C/[C@H]1[C@H](O)CC(=O)[C@@H]1C/C=C\C=C/CC(=O)OC.CCCCC(C)(O)C/C=C/[C@H]1[C@H](O)CC(=O)[C@@H]1C/C=C\C=C\CC(=O)OC. The van der Waals surface area contributed by atoms with Crippen molar-refractivity contribution in [2.45, 2.75) is 141 Å². The topological polar surface area (TPSA) is 168 Å². The number of esters is 2. The van der Waals surface area contributed by atoms with Crippen molar-refractivity contribution >= 4 is 23.5 Å². The van der Waals surface area contributed by atoms with Crippen molar-refractivity contribution in [1.29, 1.82) is 0 Å². The number of hydrogen-bond acceptors (Lipinski definition) is 10. The van der Waals surface area contributed by atoms with Gasteiger partial charge in [0.05, 0.1) is 50.5 Å². The van der Waals surface area contributed by atoms with Crippen LogP contribution < -0.4 is 0 Å². The molecule has 0 saturated heterocycles. The Balaban J connectivity index is 0.000000540. The maximum Gasteiger partial charge on any atom is 0.309 e. The van der Waals surface area contributed by atoms with Gasteiger partial charge in [-0.2, -0.15) is 0 Å². The number of hydrogen-bond donors (Lipinski definition) is 4. The standard InChI is InChI=1S/2C22H34O5/c2*1-4-5-14-22(2,26)15-10-12-18-17(19(23)16-20(18)24)11-8-6-7-9-13-21(25)27-3/h2*6-10,12,17-18,20,24,26H,4-5,11,13-16H2,1-3H3/b8-6-,9-7+,12-10+;8-6-,9-7-,12-10+/t2*17-,18-,20-,22?/m11/s1. The lowest BCUT2D eigenvalue weighted by atomic mass is 9.89. The van der Waals surface area contributed by atoms with E-state index in [-0.39, 0.29) is 72.9 Å². The lowest BCUT2D eigenvalue weighted by molar-refractivity contribution is -0.140. The molecule has 0 aromatic rings. The van der Waals surface area contributed by atoms with Crippen LogP contribution in [0.1, 0.15) is 118 Å². The molecule has 304 valence electrons. The van der Waals surface area contributed by atoms with Crippen molar-refractivity contribution in [2.75, 3.05) is 14.2 Å². The number of carbonyl (C=O) groups is 4. The highest BCUT2D eigenvalue weighted by atomic mass is 16.5. The molecule has 2 unspecified atom stereocenters. The van der Waals surface area contributed by atoms with Gasteiger partial charge < -0.3 is 29.9 Å². The highest BCUT2D eigenvalue weighted by Crippen LogP contribution is 2.35. The predicted molar refractivity (Wildman–Crippen MR) is 212 cm³/mol. The Morgan fingerprint density at radius 1 is 0.648 bits per heavy atom. The van der Waals surface area contributed by atoms with Crippen molar-refractivity contribution in [3.8, 4) is 0 Å². The van der Waals surface area contributed by atoms with Crippen molar-refractivity contribution in [1.82, 2.24) is 0 Å². The van der Waals surface area contributed by atoms with Gasteiger partial charge in [-0.25, -0.2) is 0 Å². The largest absolute Gasteiger partial charge is 0.469 e. The number of aliphatic hydroxyl groups is 4. The van der Waals surface area contributed by atoms with Crippen LogP contribution in [0, 0.1) is 23.7 Å². The van der Waals surface area contributed by atoms with Crippen molar-refractivity contribution in [2.24, 2.45) is 23.7 Å². The van der Waals surface area contributed by atoms with Gasteiger partial charge in [-0.1, -0.05) is 112 Å². The zero-order valence-electron chi connectivity index (χ0n) is 33.5. The van der Waals surface area contributed by atoms with Crippen LogP contribution in [-0.2, 0) is 28.7 Å². The first kappa shape index (κ1) is 48.6. The van der Waals surface area contributed by atoms with Gasteiger partial charge in [-0.3, -0.25) is 19.2 Å². The van der Waals surface area contributed by atoms with E-state index in [4.69, 9.17) is 0 Å². The van der Waals surface area contributed by atoms with Gasteiger partial charge in [0.25, 0.3) is 0 Å². The third-order valence-corrected chi connectivity index (χ3v) is 10.0. The lowest BCUT2D eigenvalue weighted by Gasteiger charge is -2.22. The molecule has 0 heterocycles. The Labute approximate surface area is 323 Å². The van der Waals surface area contributed by atoms with Gasteiger partial charge in [0.1, 0.15) is 11.6 Å². The van der Waals surface area contributed by atoms with E-state index >= 15 is 0 Å². The minimum Gasteiger partial charge on any atom is -0.469 e. The summed E-state index contributed by atoms with van der Waals surface area (Å²) in [6.07, 6.45) is 28.9. The summed E-state index contributed by atoms with van der Waals surface area (Å²) in [4.78, 5) is 46.4. The summed E-state index contributed by atoms with van der Waals surface area (Å²) < 4.78 is 9.10. The second-order valence-electron chi connectivity index (χ2n) is 15.1. The quantitative estimate of drug-likeness (QED) is 0.0513. The molecule has 0 aromatic heterocycles. The molecule has 0 bridgehead atoms. The maximum atomic E-state index is 12.2. The summed E-state index contributed by atoms with van der Waals surface area (Å²) >= 11 is 0. The normalized spacial score (nSPS) is 25.7.